The van der Waals surface area contributed by atoms with Crippen LogP contribution in [0, 0.1) is 0 Å². The van der Waals surface area contributed by atoms with Crippen LogP contribution in [-0.4, -0.2) is 18.2 Å². The lowest BCUT2D eigenvalue weighted by atomic mass is 10.1. The van der Waals surface area contributed by atoms with E-state index < -0.39 is 11.7 Å². The summed E-state index contributed by atoms with van der Waals surface area (Å²) in [5.74, 6) is -0.978. The van der Waals surface area contributed by atoms with Crippen LogP contribution in [0.15, 0.2) is 33.8 Å². The van der Waals surface area contributed by atoms with E-state index in [4.69, 9.17) is 11.6 Å². The van der Waals surface area contributed by atoms with Crippen molar-refractivity contribution in [2.45, 2.75) is 6.92 Å². The van der Waals surface area contributed by atoms with Crippen LogP contribution < -0.4 is 4.90 Å². The Balaban J connectivity index is 2.41. The van der Waals surface area contributed by atoms with Crippen LogP contribution in [0.1, 0.15) is 17.3 Å². The van der Waals surface area contributed by atoms with Crippen molar-refractivity contribution < 1.29 is 9.59 Å². The minimum atomic E-state index is -0.507. The van der Waals surface area contributed by atoms with Gasteiger partial charge in [-0.15, -0.1) is 0 Å². The van der Waals surface area contributed by atoms with Gasteiger partial charge in [0.05, 0.1) is 11.3 Å². The number of ketones is 1. The first-order valence-corrected chi connectivity index (χ1v) is 6.16. The Morgan fingerprint density at radius 2 is 2.18 bits per heavy atom. The fourth-order valence-electron chi connectivity index (χ4n) is 1.67. The van der Waals surface area contributed by atoms with Crippen molar-refractivity contribution in [1.82, 2.24) is 0 Å². The van der Waals surface area contributed by atoms with Crippen LogP contribution in [0.5, 0.6) is 0 Å². The highest BCUT2D eigenvalue weighted by atomic mass is 79.9. The van der Waals surface area contributed by atoms with Gasteiger partial charge in [0, 0.05) is 16.0 Å². The molecule has 1 heterocycles. The second-order valence-corrected chi connectivity index (χ2v) is 5.21. The molecule has 0 aromatic heterocycles. The maximum Gasteiger partial charge on any atom is 0.299 e. The second kappa shape index (κ2) is 4.63. The lowest BCUT2D eigenvalue weighted by Gasteiger charge is -2.13. The number of rotatable bonds is 2. The number of fused-ring (bicyclic) bond motifs is 1. The minimum absolute atomic E-state index is 0.314. The lowest BCUT2D eigenvalue weighted by Crippen LogP contribution is -2.29. The Morgan fingerprint density at radius 1 is 1.47 bits per heavy atom. The van der Waals surface area contributed by atoms with E-state index in [0.29, 0.717) is 22.8 Å². The molecule has 88 valence electrons. The predicted octanol–water partition coefficient (Wildman–Crippen LogP) is 3.12. The molecule has 1 aromatic rings. The molecule has 2 rings (SSSR count). The summed E-state index contributed by atoms with van der Waals surface area (Å²) in [6.45, 7) is 2.04. The van der Waals surface area contributed by atoms with Gasteiger partial charge in [0.2, 0.25) is 0 Å². The van der Waals surface area contributed by atoms with E-state index in [1.807, 2.05) is 0 Å². The molecular formula is C12H9BrClNO2. The van der Waals surface area contributed by atoms with Crippen LogP contribution in [0.2, 0.25) is 0 Å². The second-order valence-electron chi connectivity index (χ2n) is 3.70. The lowest BCUT2D eigenvalue weighted by molar-refractivity contribution is -0.114. The van der Waals surface area contributed by atoms with Crippen molar-refractivity contribution in [3.05, 3.63) is 39.3 Å². The molecule has 0 fully saturated rings. The Hall–Kier alpha value is -1.13. The van der Waals surface area contributed by atoms with Crippen LogP contribution >= 0.6 is 27.5 Å². The molecule has 0 saturated heterocycles. The van der Waals surface area contributed by atoms with Gasteiger partial charge in [-0.05, 0) is 25.1 Å². The third kappa shape index (κ3) is 2.28. The molecule has 0 atom stereocenters. The van der Waals surface area contributed by atoms with E-state index in [1.54, 1.807) is 31.2 Å². The zero-order chi connectivity index (χ0) is 12.6. The fourth-order valence-corrected chi connectivity index (χ4v) is 2.10. The van der Waals surface area contributed by atoms with Crippen molar-refractivity contribution in [1.29, 1.82) is 0 Å². The number of Topliss-reactive ketones (excluding diaryl/α,β-unsaturated/α-hetero) is 1. The van der Waals surface area contributed by atoms with Crippen molar-refractivity contribution >= 4 is 44.9 Å². The number of anilines is 1. The van der Waals surface area contributed by atoms with Gasteiger partial charge in [0.25, 0.3) is 11.7 Å². The summed E-state index contributed by atoms with van der Waals surface area (Å²) in [5.41, 5.74) is 1.07. The average molecular weight is 315 g/mol. The number of hydrogen-bond donors (Lipinski definition) is 0. The van der Waals surface area contributed by atoms with Gasteiger partial charge in [0.1, 0.15) is 0 Å². The van der Waals surface area contributed by atoms with Crippen LogP contribution in [-0.2, 0) is 4.79 Å². The summed E-state index contributed by atoms with van der Waals surface area (Å²) in [7, 11) is 0. The molecule has 17 heavy (non-hydrogen) atoms. The number of amides is 1. The zero-order valence-electron chi connectivity index (χ0n) is 9.04. The first-order chi connectivity index (χ1) is 8.00. The quantitative estimate of drug-likeness (QED) is 0.787. The summed E-state index contributed by atoms with van der Waals surface area (Å²) in [4.78, 5) is 24.9. The van der Waals surface area contributed by atoms with Gasteiger partial charge in [-0.3, -0.25) is 9.59 Å². The molecule has 0 spiro atoms. The molecule has 0 N–H and O–H groups in total. The molecule has 0 bridgehead atoms. The number of hydrogen-bond acceptors (Lipinski definition) is 2. The number of carbonyl (C=O) groups excluding carboxylic acids is 2. The van der Waals surface area contributed by atoms with Crippen LogP contribution in [0.4, 0.5) is 5.69 Å². The van der Waals surface area contributed by atoms with E-state index in [-0.39, 0.29) is 0 Å². The average Bonchev–Trinajstić information content (AvgIpc) is 2.50. The van der Waals surface area contributed by atoms with Gasteiger partial charge in [0.15, 0.2) is 0 Å². The Labute approximate surface area is 112 Å². The van der Waals surface area contributed by atoms with E-state index in [1.165, 1.54) is 4.90 Å². The summed E-state index contributed by atoms with van der Waals surface area (Å²) < 4.78 is 0.781. The smallest absolute Gasteiger partial charge is 0.299 e. The topological polar surface area (TPSA) is 37.4 Å². The van der Waals surface area contributed by atoms with Crippen molar-refractivity contribution in [2.75, 3.05) is 11.4 Å². The number of nitrogens with zero attached hydrogens (tertiary/aromatic N) is 1. The van der Waals surface area contributed by atoms with Crippen LogP contribution in [0.3, 0.4) is 0 Å². The first-order valence-electron chi connectivity index (χ1n) is 4.98. The Bertz CT molecular complexity index is 535. The summed E-state index contributed by atoms with van der Waals surface area (Å²) in [6.07, 6.45) is 1.70. The molecule has 1 amide bonds. The van der Waals surface area contributed by atoms with E-state index in [2.05, 4.69) is 15.9 Å². The molecule has 0 aliphatic carbocycles. The van der Waals surface area contributed by atoms with Crippen molar-refractivity contribution in [2.24, 2.45) is 0 Å². The van der Waals surface area contributed by atoms with Gasteiger partial charge >= 0.3 is 0 Å². The Kier molecular flexibility index (Phi) is 3.35. The highest BCUT2D eigenvalue weighted by Crippen LogP contribution is 2.31. The minimum Gasteiger partial charge on any atom is -0.301 e. The van der Waals surface area contributed by atoms with Crippen molar-refractivity contribution in [3.8, 4) is 0 Å². The third-order valence-corrected chi connectivity index (χ3v) is 3.14. The largest absolute Gasteiger partial charge is 0.301 e. The number of benzene rings is 1. The fraction of sp³-hybridized carbons (Fsp3) is 0.167. The number of allylic oxidation sites excluding steroid dienone is 1. The SMILES string of the molecule is C/C(Cl)=C\CN1C(=O)C(=O)c2cc(Br)ccc21. The predicted molar refractivity (Wildman–Crippen MR) is 70.4 cm³/mol. The molecule has 1 aromatic carbocycles. The summed E-state index contributed by atoms with van der Waals surface area (Å²) >= 11 is 9.00. The molecule has 0 saturated carbocycles. The third-order valence-electron chi connectivity index (χ3n) is 2.49. The summed E-state index contributed by atoms with van der Waals surface area (Å²) in [5, 5.41) is 0.593. The highest BCUT2D eigenvalue weighted by Gasteiger charge is 2.35. The van der Waals surface area contributed by atoms with Gasteiger partial charge in [-0.2, -0.15) is 0 Å². The number of halogens is 2. The molecule has 3 nitrogen and oxygen atoms in total. The zero-order valence-corrected chi connectivity index (χ0v) is 11.4. The monoisotopic (exact) mass is 313 g/mol. The van der Waals surface area contributed by atoms with Crippen molar-refractivity contribution in [3.63, 3.8) is 0 Å². The van der Waals surface area contributed by atoms with Gasteiger partial charge in [-0.1, -0.05) is 33.6 Å². The maximum absolute atomic E-state index is 11.8. The molecule has 5 heteroatoms. The highest BCUT2D eigenvalue weighted by molar-refractivity contribution is 9.10. The normalized spacial score (nSPS) is 15.5. The molecule has 0 unspecified atom stereocenters. The van der Waals surface area contributed by atoms with E-state index >= 15 is 0 Å². The first kappa shape index (κ1) is 12.3. The Morgan fingerprint density at radius 3 is 2.82 bits per heavy atom. The van der Waals surface area contributed by atoms with Crippen LogP contribution in [0.25, 0.3) is 0 Å². The number of carbonyl (C=O) groups is 2. The van der Waals surface area contributed by atoms with Gasteiger partial charge < -0.3 is 4.90 Å². The summed E-state index contributed by atoms with van der Waals surface area (Å²) in [6, 6.07) is 5.21. The standard InChI is InChI=1S/C12H9BrClNO2/c1-7(14)4-5-15-10-3-2-8(13)6-9(10)11(16)12(15)17/h2-4,6H,5H2,1H3/b7-4+. The molecule has 1 aliphatic rings. The molecule has 0 radical (unpaired) electrons. The van der Waals surface area contributed by atoms with E-state index in [0.717, 1.165) is 4.47 Å². The van der Waals surface area contributed by atoms with Gasteiger partial charge in [-0.25, -0.2) is 0 Å². The molecule has 1 aliphatic heterocycles. The molecular weight excluding hydrogens is 305 g/mol. The van der Waals surface area contributed by atoms with E-state index in [9.17, 15) is 9.59 Å². The maximum atomic E-state index is 11.8.